The first-order valence-corrected chi connectivity index (χ1v) is 5.85. The van der Waals surface area contributed by atoms with Crippen molar-refractivity contribution in [2.75, 3.05) is 7.05 Å². The summed E-state index contributed by atoms with van der Waals surface area (Å²) in [4.78, 5) is 10.7. The van der Waals surface area contributed by atoms with Crippen molar-refractivity contribution in [3.05, 3.63) is 12.3 Å². The quantitative estimate of drug-likeness (QED) is 0.424. The third-order valence-corrected chi connectivity index (χ3v) is 3.13. The van der Waals surface area contributed by atoms with E-state index >= 15 is 0 Å². The molecule has 0 aliphatic carbocycles. The molecule has 7 nitrogen and oxygen atoms in total. The molecule has 2 aliphatic rings. The van der Waals surface area contributed by atoms with E-state index < -0.39 is 0 Å². The molecule has 1 unspecified atom stereocenters. The highest BCUT2D eigenvalue weighted by Gasteiger charge is 2.26. The normalized spacial score (nSPS) is 21.1. The number of nitrogens with two attached hydrogens (primary N) is 1. The van der Waals surface area contributed by atoms with E-state index in [9.17, 15) is 4.79 Å². The lowest BCUT2D eigenvalue weighted by Gasteiger charge is -2.30. The van der Waals surface area contributed by atoms with Gasteiger partial charge in [-0.05, 0) is 25.4 Å². The third kappa shape index (κ3) is 3.71. The Hall–Kier alpha value is -1.60. The average molecular weight is 253 g/mol. The van der Waals surface area contributed by atoms with Gasteiger partial charge in [0.1, 0.15) is 6.20 Å². The zero-order valence-electron chi connectivity index (χ0n) is 11.3. The number of nitrogens with zero attached hydrogens (tertiary/aromatic N) is 4. The Balaban J connectivity index is 0.000000187. The minimum atomic E-state index is -0.308. The number of nitrogens with one attached hydrogen (secondary N) is 1. The molecular weight excluding hydrogens is 232 g/mol. The van der Waals surface area contributed by atoms with Crippen molar-refractivity contribution >= 4 is 12.2 Å². The number of rotatable bonds is 2. The lowest BCUT2D eigenvalue weighted by atomic mass is 10.0. The van der Waals surface area contributed by atoms with Gasteiger partial charge in [0.15, 0.2) is 0 Å². The van der Waals surface area contributed by atoms with Crippen LogP contribution >= 0.6 is 0 Å². The molecule has 0 spiro atoms. The summed E-state index contributed by atoms with van der Waals surface area (Å²) in [5.41, 5.74) is 0.153. The van der Waals surface area contributed by atoms with Crippen molar-refractivity contribution in [3.8, 4) is 0 Å². The number of azo groups is 1. The number of fused-ring (bicyclic) bond motifs is 1. The van der Waals surface area contributed by atoms with Crippen molar-refractivity contribution in [1.29, 1.82) is 0 Å². The molecular formula is C11H21N6O+. The first-order valence-electron chi connectivity index (χ1n) is 5.85. The number of hydrazine groups is 1. The molecule has 2 aliphatic heterocycles. The molecule has 0 saturated heterocycles. The van der Waals surface area contributed by atoms with Crippen molar-refractivity contribution in [2.45, 2.75) is 39.0 Å². The van der Waals surface area contributed by atoms with E-state index in [-0.39, 0.29) is 17.7 Å². The van der Waals surface area contributed by atoms with Crippen molar-refractivity contribution < 1.29 is 9.37 Å². The second-order valence-electron chi connectivity index (χ2n) is 4.77. The highest BCUT2D eigenvalue weighted by molar-refractivity contribution is 5.88. The molecule has 2 rings (SSSR count). The number of carbonyl (C=O) groups excluding carboxylic acids is 1. The van der Waals surface area contributed by atoms with Gasteiger partial charge in [-0.15, -0.1) is 0 Å². The van der Waals surface area contributed by atoms with Gasteiger partial charge >= 0.3 is 12.6 Å². The van der Waals surface area contributed by atoms with Crippen LogP contribution < -0.4 is 11.2 Å². The second kappa shape index (κ2) is 5.83. The number of amides is 1. The summed E-state index contributed by atoms with van der Waals surface area (Å²) in [5.74, 6) is 5.38. The monoisotopic (exact) mass is 253 g/mol. The minimum absolute atomic E-state index is 0.129. The van der Waals surface area contributed by atoms with Crippen LogP contribution in [0.15, 0.2) is 22.5 Å². The van der Waals surface area contributed by atoms with Crippen molar-refractivity contribution in [1.82, 2.24) is 10.3 Å². The summed E-state index contributed by atoms with van der Waals surface area (Å²) in [6, 6.07) is 0. The first-order chi connectivity index (χ1) is 8.36. The maximum atomic E-state index is 10.7. The molecule has 0 aromatic carbocycles. The van der Waals surface area contributed by atoms with E-state index in [1.54, 1.807) is 22.1 Å². The van der Waals surface area contributed by atoms with Gasteiger partial charge in [0.25, 0.3) is 5.91 Å². The highest BCUT2D eigenvalue weighted by Crippen LogP contribution is 2.11. The molecule has 2 heterocycles. The van der Waals surface area contributed by atoms with Crippen LogP contribution in [0.3, 0.4) is 0 Å². The van der Waals surface area contributed by atoms with Crippen LogP contribution in [0.4, 0.5) is 0 Å². The summed E-state index contributed by atoms with van der Waals surface area (Å²) in [6.45, 7) is 6.36. The smallest absolute Gasteiger partial charge is 0.292 e. The lowest BCUT2D eigenvalue weighted by Crippen LogP contribution is -2.45. The Morgan fingerprint density at radius 1 is 1.61 bits per heavy atom. The molecule has 0 saturated carbocycles. The van der Waals surface area contributed by atoms with Gasteiger partial charge in [-0.1, -0.05) is 6.92 Å². The summed E-state index contributed by atoms with van der Waals surface area (Å²) in [6.07, 6.45) is 5.41. The lowest BCUT2D eigenvalue weighted by molar-refractivity contribution is -0.496. The van der Waals surface area contributed by atoms with E-state index in [1.807, 2.05) is 7.05 Å². The SMILES string of the molecule is CCC(C)(C)N(C)N.O=C1C=C[N+]2=CN=NC2N1. The third-order valence-electron chi connectivity index (χ3n) is 3.13. The average Bonchev–Trinajstić information content (AvgIpc) is 2.76. The Kier molecular flexibility index (Phi) is 4.69. The molecule has 0 fully saturated rings. The van der Waals surface area contributed by atoms with Crippen molar-refractivity contribution in [3.63, 3.8) is 0 Å². The highest BCUT2D eigenvalue weighted by atomic mass is 16.2. The van der Waals surface area contributed by atoms with Crippen LogP contribution in [0.5, 0.6) is 0 Å². The minimum Gasteiger partial charge on any atom is -0.292 e. The van der Waals surface area contributed by atoms with E-state index in [0.29, 0.717) is 0 Å². The maximum Gasteiger partial charge on any atom is 0.317 e. The van der Waals surface area contributed by atoms with Crippen LogP contribution in [0, 0.1) is 0 Å². The van der Waals surface area contributed by atoms with Gasteiger partial charge in [-0.3, -0.25) is 16.0 Å². The standard InChI is InChI=1S/C6H16N2.C5H4N4O/c1-5-6(2,3)8(4)7;10-4-1-2-9-3-6-8-5(9)7-4/h5,7H2,1-4H3;1-3,5H/p+1. The van der Waals surface area contributed by atoms with Crippen LogP contribution in [0.25, 0.3) is 0 Å². The Morgan fingerprint density at radius 2 is 2.28 bits per heavy atom. The summed E-state index contributed by atoms with van der Waals surface area (Å²) >= 11 is 0. The molecule has 1 amide bonds. The second-order valence-corrected chi connectivity index (χ2v) is 4.77. The fourth-order valence-corrected chi connectivity index (χ4v) is 1.08. The van der Waals surface area contributed by atoms with E-state index in [1.165, 1.54) is 6.08 Å². The van der Waals surface area contributed by atoms with Crippen LogP contribution in [0.2, 0.25) is 0 Å². The number of hydrogen-bond acceptors (Lipinski definition) is 5. The molecule has 0 bridgehead atoms. The Morgan fingerprint density at radius 3 is 2.78 bits per heavy atom. The largest absolute Gasteiger partial charge is 0.317 e. The van der Waals surface area contributed by atoms with Gasteiger partial charge in [-0.25, -0.2) is 5.01 Å². The topological polar surface area (TPSA) is 86.1 Å². The van der Waals surface area contributed by atoms with Gasteiger partial charge in [0.05, 0.1) is 5.11 Å². The summed E-state index contributed by atoms with van der Waals surface area (Å²) in [5, 5.41) is 11.7. The van der Waals surface area contributed by atoms with E-state index in [2.05, 4.69) is 36.3 Å². The molecule has 3 N–H and O–H groups in total. The molecule has 7 heteroatoms. The predicted molar refractivity (Wildman–Crippen MR) is 68.6 cm³/mol. The fourth-order valence-electron chi connectivity index (χ4n) is 1.08. The number of hydrogen-bond donors (Lipinski definition) is 2. The van der Waals surface area contributed by atoms with Crippen LogP contribution in [-0.2, 0) is 4.79 Å². The zero-order chi connectivity index (χ0) is 13.8. The van der Waals surface area contributed by atoms with Gasteiger partial charge in [0, 0.05) is 18.7 Å². The van der Waals surface area contributed by atoms with Gasteiger partial charge in [-0.2, -0.15) is 4.58 Å². The first kappa shape index (κ1) is 14.5. The van der Waals surface area contributed by atoms with Crippen LogP contribution in [-0.4, -0.2) is 40.7 Å². The molecule has 0 aromatic rings. The fraction of sp³-hybridized carbons (Fsp3) is 0.636. The molecule has 0 aromatic heterocycles. The molecule has 100 valence electrons. The van der Waals surface area contributed by atoms with Crippen molar-refractivity contribution in [2.24, 2.45) is 16.1 Å². The summed E-state index contributed by atoms with van der Waals surface area (Å²) < 4.78 is 1.71. The predicted octanol–water partition coefficient (Wildman–Crippen LogP) is 0.401. The molecule has 18 heavy (non-hydrogen) atoms. The number of carbonyl (C=O) groups is 1. The zero-order valence-corrected chi connectivity index (χ0v) is 11.3. The van der Waals surface area contributed by atoms with Gasteiger partial charge < -0.3 is 0 Å². The van der Waals surface area contributed by atoms with Crippen LogP contribution in [0.1, 0.15) is 27.2 Å². The summed E-state index contributed by atoms with van der Waals surface area (Å²) in [7, 11) is 1.89. The Labute approximate surface area is 107 Å². The molecule has 0 radical (unpaired) electrons. The molecule has 1 atom stereocenters. The van der Waals surface area contributed by atoms with E-state index in [0.717, 1.165) is 6.42 Å². The van der Waals surface area contributed by atoms with Gasteiger partial charge in [0.2, 0.25) is 0 Å². The Bertz CT molecular complexity index is 396. The maximum absolute atomic E-state index is 10.7. The van der Waals surface area contributed by atoms with E-state index in [4.69, 9.17) is 5.84 Å².